The largest absolute Gasteiger partial charge is 0.327 e. The molecule has 4 nitrogen and oxygen atoms in total. The van der Waals surface area contributed by atoms with E-state index in [2.05, 4.69) is 13.8 Å². The Morgan fingerprint density at radius 3 is 1.95 bits per heavy atom. The first kappa shape index (κ1) is 14.9. The molecule has 0 spiro atoms. The number of nitrogens with zero attached hydrogens (tertiary/aromatic N) is 2. The molecule has 3 amide bonds. The average Bonchev–Trinajstić information content (AvgIpc) is 2.48. The molecule has 3 fully saturated rings. The molecule has 118 valence electrons. The third-order valence-electron chi connectivity index (χ3n) is 5.76. The first-order valence-electron chi connectivity index (χ1n) is 8.60. The van der Waals surface area contributed by atoms with E-state index in [1.807, 2.05) is 0 Å². The van der Waals surface area contributed by atoms with Gasteiger partial charge in [-0.1, -0.05) is 26.7 Å². The van der Waals surface area contributed by atoms with Crippen LogP contribution >= 0.6 is 0 Å². The molecule has 0 unspecified atom stereocenters. The minimum Gasteiger partial charge on any atom is -0.315 e. The highest BCUT2D eigenvalue weighted by atomic mass is 16.2. The molecule has 0 aromatic rings. The van der Waals surface area contributed by atoms with Gasteiger partial charge >= 0.3 is 6.03 Å². The molecule has 3 aliphatic rings. The number of amides is 3. The van der Waals surface area contributed by atoms with Crippen molar-refractivity contribution >= 4 is 11.9 Å². The minimum atomic E-state index is -0.236. The summed E-state index contributed by atoms with van der Waals surface area (Å²) >= 11 is 0. The van der Waals surface area contributed by atoms with Crippen LogP contribution < -0.4 is 0 Å². The highest BCUT2D eigenvalue weighted by molar-refractivity contribution is 6.04. The molecule has 0 bridgehead atoms. The Bertz CT molecular complexity index is 413. The van der Waals surface area contributed by atoms with Crippen molar-refractivity contribution in [2.75, 3.05) is 7.05 Å². The van der Waals surface area contributed by atoms with Crippen LogP contribution in [0.25, 0.3) is 0 Å². The predicted octanol–water partition coefficient (Wildman–Crippen LogP) is 3.26. The summed E-state index contributed by atoms with van der Waals surface area (Å²) in [4.78, 5) is 28.9. The predicted molar refractivity (Wildman–Crippen MR) is 81.7 cm³/mol. The van der Waals surface area contributed by atoms with Gasteiger partial charge in [-0.3, -0.25) is 9.69 Å². The van der Waals surface area contributed by atoms with Crippen molar-refractivity contribution in [2.24, 2.45) is 17.8 Å². The van der Waals surface area contributed by atoms with Gasteiger partial charge in [-0.2, -0.15) is 0 Å². The van der Waals surface area contributed by atoms with E-state index >= 15 is 0 Å². The molecule has 0 N–H and O–H groups in total. The molecule has 3 rings (SSSR count). The summed E-state index contributed by atoms with van der Waals surface area (Å²) in [5.41, 5.74) is 0. The summed E-state index contributed by atoms with van der Waals surface area (Å²) in [7, 11) is 1.80. The first-order chi connectivity index (χ1) is 10.0. The van der Waals surface area contributed by atoms with Gasteiger partial charge in [0, 0.05) is 13.1 Å². The molecule has 2 aliphatic carbocycles. The fourth-order valence-corrected chi connectivity index (χ4v) is 4.07. The fourth-order valence-electron chi connectivity index (χ4n) is 4.07. The number of carbonyl (C=O) groups excluding carboxylic acids is 2. The number of hydrogen-bond acceptors (Lipinski definition) is 2. The Morgan fingerprint density at radius 1 is 1.05 bits per heavy atom. The van der Waals surface area contributed by atoms with Gasteiger partial charge in [0.15, 0.2) is 0 Å². The maximum Gasteiger partial charge on any atom is 0.327 e. The highest BCUT2D eigenvalue weighted by Crippen LogP contribution is 2.44. The van der Waals surface area contributed by atoms with Crippen LogP contribution in [0.1, 0.15) is 58.8 Å². The number of carbonyl (C=O) groups is 2. The number of imide groups is 1. The second kappa shape index (κ2) is 5.62. The quantitative estimate of drug-likeness (QED) is 0.730. The summed E-state index contributed by atoms with van der Waals surface area (Å²) in [6.07, 6.45) is 8.06. The zero-order chi connectivity index (χ0) is 15.1. The Labute approximate surface area is 127 Å². The molecule has 1 aliphatic heterocycles. The average molecular weight is 292 g/mol. The maximum absolute atomic E-state index is 12.9. The normalized spacial score (nSPS) is 27.8. The number of hydrogen-bond donors (Lipinski definition) is 0. The van der Waals surface area contributed by atoms with Gasteiger partial charge < -0.3 is 4.90 Å². The van der Waals surface area contributed by atoms with E-state index in [-0.39, 0.29) is 24.0 Å². The van der Waals surface area contributed by atoms with E-state index in [9.17, 15) is 9.59 Å². The molecule has 0 radical (unpaired) electrons. The van der Waals surface area contributed by atoms with E-state index in [1.165, 1.54) is 38.5 Å². The van der Waals surface area contributed by atoms with Gasteiger partial charge in [-0.15, -0.1) is 0 Å². The lowest BCUT2D eigenvalue weighted by molar-refractivity contribution is -0.133. The van der Waals surface area contributed by atoms with E-state index in [4.69, 9.17) is 0 Å². The van der Waals surface area contributed by atoms with Gasteiger partial charge in [0.1, 0.15) is 6.04 Å². The third kappa shape index (κ3) is 2.47. The SMILES string of the molecule is CC(C)C[C@@H]1C(=O)N(C(C2CCC2)C2CCC2)C(=O)N1C. The lowest BCUT2D eigenvalue weighted by atomic mass is 9.68. The van der Waals surface area contributed by atoms with E-state index in [1.54, 1.807) is 16.8 Å². The molecule has 1 saturated heterocycles. The van der Waals surface area contributed by atoms with Crippen molar-refractivity contribution in [3.8, 4) is 0 Å². The fraction of sp³-hybridized carbons (Fsp3) is 0.882. The van der Waals surface area contributed by atoms with E-state index in [0.717, 1.165) is 6.42 Å². The summed E-state index contributed by atoms with van der Waals surface area (Å²) < 4.78 is 0. The molecule has 1 atom stereocenters. The van der Waals surface area contributed by atoms with E-state index < -0.39 is 0 Å². The molecule has 2 saturated carbocycles. The first-order valence-corrected chi connectivity index (χ1v) is 8.60. The zero-order valence-corrected chi connectivity index (χ0v) is 13.5. The van der Waals surface area contributed by atoms with Crippen LogP contribution in [0.3, 0.4) is 0 Å². The monoisotopic (exact) mass is 292 g/mol. The molecule has 1 heterocycles. The molecular weight excluding hydrogens is 264 g/mol. The summed E-state index contributed by atoms with van der Waals surface area (Å²) in [5, 5.41) is 0. The van der Waals surface area contributed by atoms with Crippen LogP contribution in [0.2, 0.25) is 0 Å². The van der Waals surface area contributed by atoms with Crippen molar-refractivity contribution in [3.63, 3.8) is 0 Å². The van der Waals surface area contributed by atoms with Crippen LogP contribution in [0.5, 0.6) is 0 Å². The molecule has 0 aromatic heterocycles. The highest BCUT2D eigenvalue weighted by Gasteiger charge is 2.51. The maximum atomic E-state index is 12.9. The Morgan fingerprint density at radius 2 is 1.57 bits per heavy atom. The van der Waals surface area contributed by atoms with Crippen molar-refractivity contribution in [3.05, 3.63) is 0 Å². The topological polar surface area (TPSA) is 40.6 Å². The van der Waals surface area contributed by atoms with Gasteiger partial charge in [-0.05, 0) is 49.9 Å². The van der Waals surface area contributed by atoms with Gasteiger partial charge in [-0.25, -0.2) is 4.79 Å². The Kier molecular flexibility index (Phi) is 3.98. The summed E-state index contributed by atoms with van der Waals surface area (Å²) in [6.45, 7) is 4.23. The summed E-state index contributed by atoms with van der Waals surface area (Å²) in [6, 6.07) is -0.0956. The number of urea groups is 1. The van der Waals surface area contributed by atoms with Crippen molar-refractivity contribution < 1.29 is 9.59 Å². The summed E-state index contributed by atoms with van der Waals surface area (Å²) in [5.74, 6) is 1.63. The van der Waals surface area contributed by atoms with E-state index in [0.29, 0.717) is 17.8 Å². The van der Waals surface area contributed by atoms with Crippen molar-refractivity contribution in [1.29, 1.82) is 0 Å². The van der Waals surface area contributed by atoms with Crippen LogP contribution in [-0.4, -0.2) is 40.9 Å². The second-order valence-corrected chi connectivity index (χ2v) is 7.62. The van der Waals surface area contributed by atoms with Crippen LogP contribution in [0.4, 0.5) is 4.79 Å². The smallest absolute Gasteiger partial charge is 0.315 e. The lowest BCUT2D eigenvalue weighted by Gasteiger charge is -2.45. The standard InChI is InChI=1S/C17H28N2O2/c1-11(2)10-14-16(20)19(17(21)18(14)3)15(12-6-4-7-12)13-8-5-9-13/h11-15H,4-10H2,1-3H3/t14-/m1/s1. The second-order valence-electron chi connectivity index (χ2n) is 7.62. The zero-order valence-electron chi connectivity index (χ0n) is 13.5. The van der Waals surface area contributed by atoms with Crippen LogP contribution in [0.15, 0.2) is 0 Å². The number of rotatable bonds is 5. The Balaban J connectivity index is 1.81. The van der Waals surface area contributed by atoms with Crippen LogP contribution in [0, 0.1) is 17.8 Å². The van der Waals surface area contributed by atoms with Gasteiger partial charge in [0.05, 0.1) is 0 Å². The lowest BCUT2D eigenvalue weighted by Crippen LogP contribution is -2.52. The molecule has 0 aromatic carbocycles. The molecule has 4 heteroatoms. The minimum absolute atomic E-state index is 0.0468. The van der Waals surface area contributed by atoms with Gasteiger partial charge in [0.2, 0.25) is 0 Å². The number of likely N-dealkylation sites (N-methyl/N-ethyl adjacent to an activating group) is 1. The third-order valence-corrected chi connectivity index (χ3v) is 5.76. The van der Waals surface area contributed by atoms with Crippen molar-refractivity contribution in [2.45, 2.75) is 70.9 Å². The molecular formula is C17H28N2O2. The van der Waals surface area contributed by atoms with Gasteiger partial charge in [0.25, 0.3) is 5.91 Å². The Hall–Kier alpha value is -1.06. The molecule has 21 heavy (non-hydrogen) atoms. The van der Waals surface area contributed by atoms with Crippen molar-refractivity contribution in [1.82, 2.24) is 9.80 Å². The van der Waals surface area contributed by atoms with Crippen LogP contribution in [-0.2, 0) is 4.79 Å².